The maximum absolute atomic E-state index is 11.0. The van der Waals surface area contributed by atoms with E-state index in [2.05, 4.69) is 10.6 Å². The lowest BCUT2D eigenvalue weighted by Crippen LogP contribution is -2.31. The Balaban J connectivity index is 3.10. The van der Waals surface area contributed by atoms with Gasteiger partial charge in [0.25, 0.3) is 0 Å². The van der Waals surface area contributed by atoms with Crippen LogP contribution in [0.3, 0.4) is 0 Å². The minimum atomic E-state index is -0.0986. The van der Waals surface area contributed by atoms with Crippen molar-refractivity contribution >= 4 is 5.91 Å². The van der Waals surface area contributed by atoms with Crippen molar-refractivity contribution < 1.29 is 14.3 Å². The molecule has 5 nitrogen and oxygen atoms in total. The highest BCUT2D eigenvalue weighted by Gasteiger charge is 1.98. The normalized spacial score (nSPS) is 10.1. The summed E-state index contributed by atoms with van der Waals surface area (Å²) in [6.45, 7) is 5.47. The van der Waals surface area contributed by atoms with E-state index in [4.69, 9.17) is 9.47 Å². The van der Waals surface area contributed by atoms with Crippen LogP contribution in [0.1, 0.15) is 6.92 Å². The van der Waals surface area contributed by atoms with Crippen molar-refractivity contribution in [1.29, 1.82) is 0 Å². The van der Waals surface area contributed by atoms with Gasteiger partial charge in [-0.15, -0.1) is 0 Å². The summed E-state index contributed by atoms with van der Waals surface area (Å²) < 4.78 is 9.90. The average Bonchev–Trinajstić information content (AvgIpc) is 2.18. The smallest absolute Gasteiger partial charge is 0.246 e. The molecule has 0 saturated carbocycles. The number of carbonyl (C=O) groups excluding carboxylic acids is 1. The monoisotopic (exact) mass is 204 g/mol. The van der Waals surface area contributed by atoms with Gasteiger partial charge in [0.15, 0.2) is 0 Å². The zero-order valence-electron chi connectivity index (χ0n) is 8.97. The van der Waals surface area contributed by atoms with Crippen LogP contribution in [0.15, 0.2) is 0 Å². The van der Waals surface area contributed by atoms with Gasteiger partial charge >= 0.3 is 0 Å². The molecule has 0 aromatic carbocycles. The molecule has 0 aliphatic carbocycles. The van der Waals surface area contributed by atoms with E-state index >= 15 is 0 Å². The third-order valence-electron chi connectivity index (χ3n) is 1.53. The predicted molar refractivity (Wildman–Crippen MR) is 54.2 cm³/mol. The van der Waals surface area contributed by atoms with Crippen LogP contribution in [0.2, 0.25) is 0 Å². The summed E-state index contributed by atoms with van der Waals surface area (Å²) in [5.74, 6) is -0.0986. The largest absolute Gasteiger partial charge is 0.383 e. The molecule has 0 spiro atoms. The van der Waals surface area contributed by atoms with Crippen molar-refractivity contribution in [2.24, 2.45) is 0 Å². The number of likely N-dealkylation sites (N-methyl/N-ethyl adjacent to an activating group) is 1. The number of carbonyl (C=O) groups is 1. The number of hydrogen-bond donors (Lipinski definition) is 2. The maximum atomic E-state index is 11.0. The Morgan fingerprint density at radius 1 is 1.29 bits per heavy atom. The number of rotatable bonds is 9. The molecule has 0 aliphatic heterocycles. The van der Waals surface area contributed by atoms with Crippen molar-refractivity contribution in [2.75, 3.05) is 46.6 Å². The van der Waals surface area contributed by atoms with Crippen molar-refractivity contribution in [3.05, 3.63) is 0 Å². The molecule has 1 amide bonds. The van der Waals surface area contributed by atoms with Gasteiger partial charge in [-0.25, -0.2) is 0 Å². The molecule has 5 heteroatoms. The van der Waals surface area contributed by atoms with E-state index in [1.54, 1.807) is 7.11 Å². The van der Waals surface area contributed by atoms with Gasteiger partial charge in [-0.2, -0.15) is 0 Å². The first kappa shape index (κ1) is 13.4. The quantitative estimate of drug-likeness (QED) is 0.491. The number of ether oxygens (including phenoxy) is 2. The third kappa shape index (κ3) is 9.44. The van der Waals surface area contributed by atoms with Gasteiger partial charge in [0.2, 0.25) is 5.91 Å². The molecule has 0 aliphatic rings. The van der Waals surface area contributed by atoms with Crippen molar-refractivity contribution in [1.82, 2.24) is 10.6 Å². The molecular weight excluding hydrogens is 184 g/mol. The Bertz CT molecular complexity index is 142. The summed E-state index contributed by atoms with van der Waals surface area (Å²) in [4.78, 5) is 11.0. The van der Waals surface area contributed by atoms with E-state index in [-0.39, 0.29) is 12.5 Å². The average molecular weight is 204 g/mol. The van der Waals surface area contributed by atoms with Crippen LogP contribution < -0.4 is 10.6 Å². The fraction of sp³-hybridized carbons (Fsp3) is 0.889. The first-order chi connectivity index (χ1) is 6.81. The van der Waals surface area contributed by atoms with E-state index < -0.39 is 0 Å². The topological polar surface area (TPSA) is 59.6 Å². The van der Waals surface area contributed by atoms with Gasteiger partial charge in [-0.1, -0.05) is 6.92 Å². The van der Waals surface area contributed by atoms with E-state index in [0.717, 1.165) is 13.1 Å². The van der Waals surface area contributed by atoms with Gasteiger partial charge in [0.05, 0.1) is 13.2 Å². The second-order valence-corrected chi connectivity index (χ2v) is 2.75. The highest BCUT2D eigenvalue weighted by atomic mass is 16.5. The zero-order chi connectivity index (χ0) is 10.6. The van der Waals surface area contributed by atoms with E-state index in [0.29, 0.717) is 19.8 Å². The molecule has 0 heterocycles. The van der Waals surface area contributed by atoms with E-state index in [9.17, 15) is 4.79 Å². The predicted octanol–water partition coefficient (Wildman–Crippen LogP) is -0.625. The first-order valence-corrected chi connectivity index (χ1v) is 4.85. The summed E-state index contributed by atoms with van der Waals surface area (Å²) in [6, 6.07) is 0. The molecule has 0 aromatic rings. The second kappa shape index (κ2) is 10.4. The molecule has 84 valence electrons. The summed E-state index contributed by atoms with van der Waals surface area (Å²) >= 11 is 0. The van der Waals surface area contributed by atoms with Gasteiger partial charge in [0.1, 0.15) is 6.61 Å². The Morgan fingerprint density at radius 3 is 2.71 bits per heavy atom. The number of amides is 1. The Labute approximate surface area is 85.1 Å². The molecule has 14 heavy (non-hydrogen) atoms. The molecule has 0 fully saturated rings. The molecule has 0 atom stereocenters. The molecule has 0 saturated heterocycles. The number of hydrogen-bond acceptors (Lipinski definition) is 4. The third-order valence-corrected chi connectivity index (χ3v) is 1.53. The van der Waals surface area contributed by atoms with Crippen LogP contribution in [0.25, 0.3) is 0 Å². The van der Waals surface area contributed by atoms with Gasteiger partial charge in [-0.05, 0) is 6.54 Å². The highest BCUT2D eigenvalue weighted by molar-refractivity contribution is 5.77. The number of methoxy groups -OCH3 is 1. The molecule has 0 rings (SSSR count). The molecule has 0 radical (unpaired) electrons. The fourth-order valence-electron chi connectivity index (χ4n) is 0.830. The van der Waals surface area contributed by atoms with Crippen LogP contribution in [0.5, 0.6) is 0 Å². The second-order valence-electron chi connectivity index (χ2n) is 2.75. The standard InChI is InChI=1S/C9H20N2O3/c1-3-10-4-7-14-8-9(12)11-5-6-13-2/h10H,3-8H2,1-2H3,(H,11,12). The Kier molecular flexibility index (Phi) is 9.95. The van der Waals surface area contributed by atoms with Crippen LogP contribution >= 0.6 is 0 Å². The van der Waals surface area contributed by atoms with Gasteiger partial charge in [-0.3, -0.25) is 4.79 Å². The molecular formula is C9H20N2O3. The molecule has 0 unspecified atom stereocenters. The SMILES string of the molecule is CCNCCOCC(=O)NCCOC. The van der Waals surface area contributed by atoms with E-state index in [1.165, 1.54) is 0 Å². The highest BCUT2D eigenvalue weighted by Crippen LogP contribution is 1.75. The lowest BCUT2D eigenvalue weighted by atomic mass is 10.5. The maximum Gasteiger partial charge on any atom is 0.246 e. The summed E-state index contributed by atoms with van der Waals surface area (Å²) in [7, 11) is 1.60. The number of nitrogens with one attached hydrogen (secondary N) is 2. The summed E-state index contributed by atoms with van der Waals surface area (Å²) in [5.41, 5.74) is 0. The lowest BCUT2D eigenvalue weighted by Gasteiger charge is -2.05. The van der Waals surface area contributed by atoms with Crippen molar-refractivity contribution in [3.8, 4) is 0 Å². The first-order valence-electron chi connectivity index (χ1n) is 4.85. The lowest BCUT2D eigenvalue weighted by molar-refractivity contribution is -0.125. The summed E-state index contributed by atoms with van der Waals surface area (Å²) in [6.07, 6.45) is 0. The van der Waals surface area contributed by atoms with Crippen LogP contribution in [0, 0.1) is 0 Å². The van der Waals surface area contributed by atoms with Crippen molar-refractivity contribution in [2.45, 2.75) is 6.92 Å². The van der Waals surface area contributed by atoms with Crippen LogP contribution in [-0.4, -0.2) is 52.5 Å². The minimum Gasteiger partial charge on any atom is -0.383 e. The molecule has 2 N–H and O–H groups in total. The minimum absolute atomic E-state index is 0.0986. The van der Waals surface area contributed by atoms with Crippen LogP contribution in [-0.2, 0) is 14.3 Å². The Hall–Kier alpha value is -0.650. The Morgan fingerprint density at radius 2 is 2.07 bits per heavy atom. The molecule has 0 aromatic heterocycles. The van der Waals surface area contributed by atoms with Gasteiger partial charge in [0, 0.05) is 20.2 Å². The fourth-order valence-corrected chi connectivity index (χ4v) is 0.830. The molecule has 0 bridgehead atoms. The van der Waals surface area contributed by atoms with E-state index in [1.807, 2.05) is 6.92 Å². The van der Waals surface area contributed by atoms with Gasteiger partial charge < -0.3 is 20.1 Å². The zero-order valence-corrected chi connectivity index (χ0v) is 8.97. The summed E-state index contributed by atoms with van der Waals surface area (Å²) in [5, 5.41) is 5.76. The van der Waals surface area contributed by atoms with Crippen LogP contribution in [0.4, 0.5) is 0 Å². The van der Waals surface area contributed by atoms with Crippen molar-refractivity contribution in [3.63, 3.8) is 0 Å².